The van der Waals surface area contributed by atoms with Crippen molar-refractivity contribution in [3.8, 4) is 6.07 Å². The highest BCUT2D eigenvalue weighted by atomic mass is 16.2. The van der Waals surface area contributed by atoms with Crippen molar-refractivity contribution in [3.63, 3.8) is 0 Å². The van der Waals surface area contributed by atoms with Crippen LogP contribution in [0.4, 0.5) is 17.3 Å². The van der Waals surface area contributed by atoms with Crippen molar-refractivity contribution in [2.75, 3.05) is 30.9 Å². The van der Waals surface area contributed by atoms with Crippen LogP contribution in [0.25, 0.3) is 0 Å². The Morgan fingerprint density at radius 2 is 2.17 bits per heavy atom. The number of likely N-dealkylation sites (N-methyl/N-ethyl adjacent to an activating group) is 1. The minimum absolute atomic E-state index is 0.0519. The van der Waals surface area contributed by atoms with Crippen molar-refractivity contribution in [1.82, 2.24) is 19.7 Å². The van der Waals surface area contributed by atoms with Crippen LogP contribution in [0.3, 0.4) is 0 Å². The zero-order valence-corrected chi connectivity index (χ0v) is 16.5. The Hall–Kier alpha value is -3.41. The molecule has 29 heavy (non-hydrogen) atoms. The van der Waals surface area contributed by atoms with E-state index in [0.717, 1.165) is 12.8 Å². The second-order valence-corrected chi connectivity index (χ2v) is 7.78. The molecule has 2 amide bonds. The molecule has 0 spiro atoms. The highest BCUT2D eigenvalue weighted by Crippen LogP contribution is 2.51. The number of anilines is 3. The zero-order chi connectivity index (χ0) is 20.6. The molecule has 9 nitrogen and oxygen atoms in total. The normalized spacial score (nSPS) is 21.1. The smallest absolute Gasteiger partial charge is 0.247 e. The van der Waals surface area contributed by atoms with Gasteiger partial charge in [0.2, 0.25) is 11.8 Å². The second-order valence-electron chi connectivity index (χ2n) is 7.78. The first-order valence-corrected chi connectivity index (χ1v) is 9.63. The summed E-state index contributed by atoms with van der Waals surface area (Å²) in [6, 6.07) is 7.61. The van der Waals surface area contributed by atoms with E-state index in [1.165, 1.54) is 4.90 Å². The van der Waals surface area contributed by atoms with Crippen LogP contribution < -0.4 is 10.2 Å². The minimum Gasteiger partial charge on any atom is -0.347 e. The molecule has 9 heteroatoms. The number of carbonyl (C=O) groups excluding carboxylic acids is 2. The molecular weight excluding hydrogens is 370 g/mol. The Balaban J connectivity index is 1.47. The van der Waals surface area contributed by atoms with Crippen molar-refractivity contribution in [2.45, 2.75) is 25.8 Å². The molecule has 2 fully saturated rings. The molecule has 0 bridgehead atoms. The summed E-state index contributed by atoms with van der Waals surface area (Å²) in [7, 11) is 3.40. The number of rotatable bonds is 6. The molecule has 3 heterocycles. The Morgan fingerprint density at radius 3 is 2.86 bits per heavy atom. The maximum atomic E-state index is 13.0. The minimum atomic E-state index is -0.866. The molecule has 0 radical (unpaired) electrons. The number of amides is 2. The summed E-state index contributed by atoms with van der Waals surface area (Å²) < 4.78 is 1.55. The highest BCUT2D eigenvalue weighted by molar-refractivity contribution is 6.02. The van der Waals surface area contributed by atoms with Crippen LogP contribution in [0.5, 0.6) is 0 Å². The lowest BCUT2D eigenvalue weighted by atomic mass is 9.83. The number of nitrogens with zero attached hydrogens (tertiary/aromatic N) is 6. The summed E-state index contributed by atoms with van der Waals surface area (Å²) in [6.45, 7) is 0.690. The molecule has 1 saturated heterocycles. The van der Waals surface area contributed by atoms with Crippen molar-refractivity contribution in [3.05, 3.63) is 30.6 Å². The average molecular weight is 393 g/mol. The molecule has 1 aliphatic carbocycles. The lowest BCUT2D eigenvalue weighted by Gasteiger charge is -2.21. The summed E-state index contributed by atoms with van der Waals surface area (Å²) >= 11 is 0. The lowest BCUT2D eigenvalue weighted by molar-refractivity contribution is -0.129. The molecule has 1 saturated carbocycles. The van der Waals surface area contributed by atoms with Gasteiger partial charge in [-0.05, 0) is 31.2 Å². The van der Waals surface area contributed by atoms with Gasteiger partial charge in [0.25, 0.3) is 0 Å². The fourth-order valence-electron chi connectivity index (χ4n) is 3.72. The van der Waals surface area contributed by atoms with E-state index in [0.29, 0.717) is 30.3 Å². The Bertz CT molecular complexity index is 989. The van der Waals surface area contributed by atoms with Crippen LogP contribution in [0.2, 0.25) is 0 Å². The van der Waals surface area contributed by atoms with E-state index in [4.69, 9.17) is 0 Å². The molecule has 4 rings (SSSR count). The van der Waals surface area contributed by atoms with Crippen molar-refractivity contribution in [1.29, 1.82) is 5.26 Å². The van der Waals surface area contributed by atoms with Crippen LogP contribution in [-0.4, -0.2) is 52.1 Å². The SMILES string of the molecule is CN(C)C(=O)Cn1ccc(Nc2cc(N3CC[C@@](C#N)(C4CC4)C3=O)ccn2)n1. The predicted octanol–water partition coefficient (Wildman–Crippen LogP) is 1.77. The Morgan fingerprint density at radius 1 is 1.38 bits per heavy atom. The van der Waals surface area contributed by atoms with Gasteiger partial charge in [-0.15, -0.1) is 0 Å². The number of aromatic nitrogens is 3. The fourth-order valence-corrected chi connectivity index (χ4v) is 3.72. The first-order valence-electron chi connectivity index (χ1n) is 9.63. The van der Waals surface area contributed by atoms with Crippen molar-refractivity contribution in [2.24, 2.45) is 11.3 Å². The van der Waals surface area contributed by atoms with E-state index in [2.05, 4.69) is 21.5 Å². The fraction of sp³-hybridized carbons (Fsp3) is 0.450. The molecule has 1 atom stereocenters. The van der Waals surface area contributed by atoms with E-state index in [-0.39, 0.29) is 24.3 Å². The number of hydrogen-bond donors (Lipinski definition) is 1. The standard InChI is InChI=1S/C20H23N7O2/c1-25(2)18(28)12-26-9-6-16(24-26)23-17-11-15(5-8-22-17)27-10-7-20(13-21,19(27)29)14-3-4-14/h5-6,8-9,11,14H,3-4,7,10,12H2,1-2H3,(H,22,23,24)/t20-/m1/s1. The third-order valence-electron chi connectivity index (χ3n) is 5.58. The Labute approximate surface area is 168 Å². The van der Waals surface area contributed by atoms with E-state index in [1.807, 2.05) is 0 Å². The summed E-state index contributed by atoms with van der Waals surface area (Å²) in [5, 5.41) is 17.1. The summed E-state index contributed by atoms with van der Waals surface area (Å²) in [5.74, 6) is 1.13. The van der Waals surface area contributed by atoms with Crippen LogP contribution in [0.15, 0.2) is 30.6 Å². The predicted molar refractivity (Wildman–Crippen MR) is 106 cm³/mol. The summed E-state index contributed by atoms with van der Waals surface area (Å²) in [4.78, 5) is 32.3. The lowest BCUT2D eigenvalue weighted by Crippen LogP contribution is -2.35. The maximum Gasteiger partial charge on any atom is 0.247 e. The van der Waals surface area contributed by atoms with E-state index in [1.54, 1.807) is 54.3 Å². The number of hydrogen-bond acceptors (Lipinski definition) is 6. The van der Waals surface area contributed by atoms with Gasteiger partial charge in [0.15, 0.2) is 5.82 Å². The largest absolute Gasteiger partial charge is 0.347 e. The van der Waals surface area contributed by atoms with Gasteiger partial charge in [-0.1, -0.05) is 0 Å². The van der Waals surface area contributed by atoms with E-state index in [9.17, 15) is 14.9 Å². The van der Waals surface area contributed by atoms with E-state index < -0.39 is 5.41 Å². The molecular formula is C20H23N7O2. The van der Waals surface area contributed by atoms with Gasteiger partial charge < -0.3 is 15.1 Å². The topological polar surface area (TPSA) is 107 Å². The van der Waals surface area contributed by atoms with Crippen LogP contribution in [-0.2, 0) is 16.1 Å². The van der Waals surface area contributed by atoms with Crippen LogP contribution in [0.1, 0.15) is 19.3 Å². The molecule has 2 aromatic heterocycles. The van der Waals surface area contributed by atoms with Gasteiger partial charge in [0.05, 0.1) is 6.07 Å². The molecule has 150 valence electrons. The van der Waals surface area contributed by atoms with Gasteiger partial charge in [0, 0.05) is 50.9 Å². The maximum absolute atomic E-state index is 13.0. The molecule has 2 aromatic rings. The highest BCUT2D eigenvalue weighted by Gasteiger charge is 2.56. The first-order chi connectivity index (χ1) is 13.9. The number of nitriles is 1. The number of pyridine rings is 1. The molecule has 2 aliphatic rings. The second kappa shape index (κ2) is 7.20. The van der Waals surface area contributed by atoms with Crippen LogP contribution >= 0.6 is 0 Å². The Kier molecular flexibility index (Phi) is 4.70. The van der Waals surface area contributed by atoms with Crippen LogP contribution in [0, 0.1) is 22.7 Å². The average Bonchev–Trinajstić information content (AvgIpc) is 3.38. The monoisotopic (exact) mass is 393 g/mol. The molecule has 0 aromatic carbocycles. The summed E-state index contributed by atoms with van der Waals surface area (Å²) in [5.41, 5.74) is -0.151. The molecule has 1 aliphatic heterocycles. The first kappa shape index (κ1) is 18.9. The third-order valence-corrected chi connectivity index (χ3v) is 5.58. The quantitative estimate of drug-likeness (QED) is 0.801. The van der Waals surface area contributed by atoms with Gasteiger partial charge in [0.1, 0.15) is 17.8 Å². The van der Waals surface area contributed by atoms with Gasteiger partial charge >= 0.3 is 0 Å². The number of nitrogens with one attached hydrogen (secondary N) is 1. The van der Waals surface area contributed by atoms with Gasteiger partial charge in [-0.2, -0.15) is 10.4 Å². The molecule has 0 unspecified atom stereocenters. The van der Waals surface area contributed by atoms with Gasteiger partial charge in [-0.3, -0.25) is 14.3 Å². The summed E-state index contributed by atoms with van der Waals surface area (Å²) in [6.07, 6.45) is 5.82. The van der Waals surface area contributed by atoms with Gasteiger partial charge in [-0.25, -0.2) is 4.98 Å². The van der Waals surface area contributed by atoms with Crippen molar-refractivity contribution < 1.29 is 9.59 Å². The van der Waals surface area contributed by atoms with E-state index >= 15 is 0 Å². The molecule has 1 N–H and O–H groups in total. The van der Waals surface area contributed by atoms with Crippen molar-refractivity contribution >= 4 is 29.1 Å². The number of carbonyl (C=O) groups is 2. The zero-order valence-electron chi connectivity index (χ0n) is 16.5. The third kappa shape index (κ3) is 3.53.